The summed E-state index contributed by atoms with van der Waals surface area (Å²) in [5, 5.41) is 6.19. The molecule has 1 heterocycles. The van der Waals surface area contributed by atoms with Crippen molar-refractivity contribution in [3.8, 4) is 0 Å². The molecule has 0 fully saturated rings. The van der Waals surface area contributed by atoms with Crippen molar-refractivity contribution in [1.82, 2.24) is 10.6 Å². The molecule has 0 bridgehead atoms. The van der Waals surface area contributed by atoms with Crippen molar-refractivity contribution in [3.05, 3.63) is 88.1 Å². The maximum atomic E-state index is 14.0. The predicted octanol–water partition coefficient (Wildman–Crippen LogP) is 9.60. The van der Waals surface area contributed by atoms with Gasteiger partial charge in [0.2, 0.25) is 0 Å². The third-order valence-corrected chi connectivity index (χ3v) is 6.29. The van der Waals surface area contributed by atoms with Gasteiger partial charge in [-0.15, -0.1) is 0 Å². The zero-order valence-electron chi connectivity index (χ0n) is 23.5. The maximum absolute atomic E-state index is 14.0. The second-order valence-corrected chi connectivity index (χ2v) is 9.64. The normalized spacial score (nSPS) is 16.5. The van der Waals surface area contributed by atoms with Crippen LogP contribution in [0.2, 0.25) is 0 Å². The lowest BCUT2D eigenvalue weighted by Crippen LogP contribution is -2.36. The number of halogens is 5. The third kappa shape index (κ3) is 8.67. The summed E-state index contributed by atoms with van der Waals surface area (Å²) in [6.45, 7) is 14.0. The monoisotopic (exact) mass is 549 g/mol. The molecule has 214 valence electrons. The van der Waals surface area contributed by atoms with Crippen molar-refractivity contribution in [1.29, 1.82) is 0 Å². The molecular weight excluding hydrogens is 509 g/mol. The van der Waals surface area contributed by atoms with Crippen molar-refractivity contribution >= 4 is 11.5 Å². The second kappa shape index (κ2) is 14.8. The summed E-state index contributed by atoms with van der Waals surface area (Å²) in [6, 6.07) is 7.27. The first-order valence-electron chi connectivity index (χ1n) is 13.6. The van der Waals surface area contributed by atoms with E-state index in [1.165, 1.54) is 50.5 Å². The topological polar surface area (TPSA) is 36.4 Å². The molecule has 0 spiro atoms. The lowest BCUT2D eigenvalue weighted by atomic mass is 9.92. The van der Waals surface area contributed by atoms with E-state index in [1.54, 1.807) is 0 Å². The zero-order valence-corrected chi connectivity index (χ0v) is 23.5. The van der Waals surface area contributed by atoms with Crippen molar-refractivity contribution in [2.45, 2.75) is 91.9 Å². The molecule has 0 saturated heterocycles. The predicted molar refractivity (Wildman–Crippen MR) is 150 cm³/mol. The second-order valence-electron chi connectivity index (χ2n) is 9.64. The standard InChI is InChI=1S/C24H22F5N3.C4H10.C3H8/c1-13-18(11-15(25)12-20(13)26)14(2)30-23-17-8-4-6-10-21(17)31-22(32-23)16-7-3-5-9-19(16)24(27,28)29;1-3-4-2;1-3-2/h3,5,7,9,11-12,22,31H,2,4,6,8,10H2,1H3,(H,30,32);3-4H2,1-2H3;3H2,1-2H3. The average molecular weight is 550 g/mol. The number of alkyl halides is 3. The van der Waals surface area contributed by atoms with Gasteiger partial charge < -0.3 is 10.6 Å². The van der Waals surface area contributed by atoms with Crippen molar-refractivity contribution in [3.63, 3.8) is 0 Å². The van der Waals surface area contributed by atoms with Gasteiger partial charge in [-0.1, -0.05) is 71.7 Å². The van der Waals surface area contributed by atoms with Crippen LogP contribution in [-0.2, 0) is 6.18 Å². The number of hydrogen-bond donors (Lipinski definition) is 2. The van der Waals surface area contributed by atoms with E-state index in [-0.39, 0.29) is 22.4 Å². The van der Waals surface area contributed by atoms with E-state index in [0.717, 1.165) is 36.2 Å². The molecule has 2 aromatic carbocycles. The smallest absolute Gasteiger partial charge is 0.363 e. The van der Waals surface area contributed by atoms with E-state index in [9.17, 15) is 22.0 Å². The highest BCUT2D eigenvalue weighted by atomic mass is 19.4. The minimum Gasteiger partial charge on any atom is -0.363 e. The van der Waals surface area contributed by atoms with Crippen LogP contribution >= 0.6 is 0 Å². The largest absolute Gasteiger partial charge is 0.416 e. The van der Waals surface area contributed by atoms with Crippen LogP contribution < -0.4 is 10.6 Å². The fourth-order valence-electron chi connectivity index (χ4n) is 4.15. The molecule has 1 aliphatic heterocycles. The van der Waals surface area contributed by atoms with E-state index in [1.807, 2.05) is 0 Å². The van der Waals surface area contributed by atoms with Crippen LogP contribution in [-0.4, -0.2) is 5.84 Å². The number of benzene rings is 2. The van der Waals surface area contributed by atoms with Gasteiger partial charge in [-0.3, -0.25) is 0 Å². The number of rotatable bonds is 4. The molecule has 0 radical (unpaired) electrons. The highest BCUT2D eigenvalue weighted by Crippen LogP contribution is 2.38. The van der Waals surface area contributed by atoms with Gasteiger partial charge in [0.25, 0.3) is 0 Å². The summed E-state index contributed by atoms with van der Waals surface area (Å²) in [7, 11) is 0. The molecule has 1 atom stereocenters. The average Bonchev–Trinajstić information content (AvgIpc) is 2.90. The number of unbranched alkanes of at least 4 members (excludes halogenated alkanes) is 1. The molecule has 0 aromatic heterocycles. The van der Waals surface area contributed by atoms with Crippen LogP contribution in [0.4, 0.5) is 22.0 Å². The fourth-order valence-corrected chi connectivity index (χ4v) is 4.15. The number of amidine groups is 1. The fraction of sp³-hybridized carbons (Fsp3) is 0.452. The minimum atomic E-state index is -4.53. The minimum absolute atomic E-state index is 0.00927. The van der Waals surface area contributed by atoms with Crippen LogP contribution in [0.1, 0.15) is 101 Å². The van der Waals surface area contributed by atoms with Gasteiger partial charge in [0.1, 0.15) is 23.6 Å². The van der Waals surface area contributed by atoms with E-state index < -0.39 is 29.5 Å². The van der Waals surface area contributed by atoms with E-state index in [2.05, 4.69) is 49.9 Å². The Kier molecular flexibility index (Phi) is 12.2. The lowest BCUT2D eigenvalue weighted by Gasteiger charge is -2.33. The van der Waals surface area contributed by atoms with Crippen LogP contribution in [0.5, 0.6) is 0 Å². The Bertz CT molecular complexity index is 1180. The molecular formula is C31H40F5N3. The molecule has 0 amide bonds. The third-order valence-electron chi connectivity index (χ3n) is 6.29. The molecule has 2 aliphatic rings. The van der Waals surface area contributed by atoms with Crippen LogP contribution in [0.3, 0.4) is 0 Å². The van der Waals surface area contributed by atoms with E-state index in [4.69, 9.17) is 0 Å². The van der Waals surface area contributed by atoms with Gasteiger partial charge >= 0.3 is 6.18 Å². The van der Waals surface area contributed by atoms with Gasteiger partial charge in [-0.2, -0.15) is 13.2 Å². The lowest BCUT2D eigenvalue weighted by molar-refractivity contribution is -0.138. The van der Waals surface area contributed by atoms with Crippen molar-refractivity contribution in [2.24, 2.45) is 4.99 Å². The molecule has 2 aromatic rings. The Morgan fingerprint density at radius 2 is 1.64 bits per heavy atom. The summed E-state index contributed by atoms with van der Waals surface area (Å²) < 4.78 is 68.6. The SMILES string of the molecule is C=C(NC1=NC(c2ccccc2C(F)(F)F)NC2=C1CCCC2)c1cc(F)cc(F)c1C.CCC.CCCC. The summed E-state index contributed by atoms with van der Waals surface area (Å²) in [5.74, 6) is -1.08. The number of allylic oxidation sites excluding steroid dienone is 1. The van der Waals surface area contributed by atoms with Crippen molar-refractivity contribution in [2.75, 3.05) is 0 Å². The molecule has 0 saturated carbocycles. The Morgan fingerprint density at radius 3 is 2.26 bits per heavy atom. The summed E-state index contributed by atoms with van der Waals surface area (Å²) in [4.78, 5) is 4.54. The van der Waals surface area contributed by atoms with Gasteiger partial charge in [0, 0.05) is 34.2 Å². The molecule has 1 aliphatic carbocycles. The van der Waals surface area contributed by atoms with E-state index >= 15 is 0 Å². The molecule has 8 heteroatoms. The van der Waals surface area contributed by atoms with Gasteiger partial charge in [0.05, 0.1) is 5.56 Å². The Balaban J connectivity index is 0.000000686. The zero-order chi connectivity index (χ0) is 29.2. The Morgan fingerprint density at radius 1 is 1.03 bits per heavy atom. The summed E-state index contributed by atoms with van der Waals surface area (Å²) in [6.07, 6.45) is 1.59. The van der Waals surface area contributed by atoms with Gasteiger partial charge in [-0.25, -0.2) is 13.8 Å². The molecule has 1 unspecified atom stereocenters. The first-order chi connectivity index (χ1) is 18.5. The maximum Gasteiger partial charge on any atom is 0.416 e. The van der Waals surface area contributed by atoms with Crippen LogP contribution in [0.15, 0.2) is 59.2 Å². The van der Waals surface area contributed by atoms with Gasteiger partial charge in [-0.05, 0) is 50.3 Å². The first-order valence-corrected chi connectivity index (χ1v) is 13.6. The Labute approximate surface area is 229 Å². The highest BCUT2D eigenvalue weighted by Gasteiger charge is 2.36. The summed E-state index contributed by atoms with van der Waals surface area (Å²) in [5.41, 5.74) is 1.61. The quantitative estimate of drug-likeness (QED) is 0.373. The molecule has 2 N–H and O–H groups in total. The molecule has 39 heavy (non-hydrogen) atoms. The van der Waals surface area contributed by atoms with Gasteiger partial charge in [0.15, 0.2) is 0 Å². The Hall–Kier alpha value is -3.16. The van der Waals surface area contributed by atoms with Crippen LogP contribution in [0.25, 0.3) is 5.70 Å². The van der Waals surface area contributed by atoms with Crippen LogP contribution in [0, 0.1) is 18.6 Å². The molecule has 4 rings (SSSR count). The number of aliphatic imine (C=N–C) groups is 1. The highest BCUT2D eigenvalue weighted by molar-refractivity contribution is 6.04. The first kappa shape index (κ1) is 32.1. The van der Waals surface area contributed by atoms with Crippen molar-refractivity contribution < 1.29 is 22.0 Å². The summed E-state index contributed by atoms with van der Waals surface area (Å²) >= 11 is 0. The number of nitrogens with one attached hydrogen (secondary N) is 2. The molecule has 3 nitrogen and oxygen atoms in total. The number of nitrogens with zero attached hydrogens (tertiary/aromatic N) is 1. The van der Waals surface area contributed by atoms with E-state index in [0.29, 0.717) is 18.7 Å². The number of hydrogen-bond acceptors (Lipinski definition) is 3.